The zero-order chi connectivity index (χ0) is 37.9. The number of carbonyl (C=O) groups is 1. The van der Waals surface area contributed by atoms with Crippen molar-refractivity contribution < 1.29 is 40.8 Å². The third-order valence-electron chi connectivity index (χ3n) is 10.1. The predicted octanol–water partition coefficient (Wildman–Crippen LogP) is 2.42. The van der Waals surface area contributed by atoms with Gasteiger partial charge in [0, 0.05) is 56.4 Å². The minimum Gasteiger partial charge on any atom is -0.489 e. The monoisotopic (exact) mass is 782 g/mol. The van der Waals surface area contributed by atoms with Crippen molar-refractivity contribution in [3.63, 3.8) is 0 Å². The number of sulfonamides is 2. The normalized spacial score (nSPS) is 21.8. The van der Waals surface area contributed by atoms with Gasteiger partial charge in [-0.15, -0.1) is 0 Å². The molecule has 2 aromatic carbocycles. The predicted molar refractivity (Wildman–Crippen MR) is 196 cm³/mol. The molecule has 8 rings (SSSR count). The number of aromatic amines is 1. The van der Waals surface area contributed by atoms with Crippen LogP contribution in [0.1, 0.15) is 24.2 Å². The first-order valence-corrected chi connectivity index (χ1v) is 20.4. The van der Waals surface area contributed by atoms with E-state index in [0.717, 1.165) is 17.5 Å². The number of carbonyl (C=O) groups excluding carboxylic acids is 1. The van der Waals surface area contributed by atoms with Gasteiger partial charge in [-0.1, -0.05) is 12.1 Å². The Bertz CT molecular complexity index is 2360. The van der Waals surface area contributed by atoms with Crippen LogP contribution in [0.25, 0.3) is 11.0 Å². The van der Waals surface area contributed by atoms with Crippen molar-refractivity contribution in [1.29, 1.82) is 0 Å². The van der Waals surface area contributed by atoms with Crippen LogP contribution in [0, 0.1) is 10.1 Å². The highest BCUT2D eigenvalue weighted by atomic mass is 32.2. The molecule has 286 valence electrons. The van der Waals surface area contributed by atoms with Crippen LogP contribution >= 0.6 is 0 Å². The highest BCUT2D eigenvalue weighted by Crippen LogP contribution is 2.45. The third kappa shape index (κ3) is 6.46. The zero-order valence-electron chi connectivity index (χ0n) is 29.3. The maximum absolute atomic E-state index is 13.9. The van der Waals surface area contributed by atoms with Gasteiger partial charge < -0.3 is 29.4 Å². The molecule has 20 heteroatoms. The summed E-state index contributed by atoms with van der Waals surface area (Å²) in [5.74, 6) is -0.677. The number of H-pyrrole nitrogens is 1. The molecule has 2 aromatic heterocycles. The van der Waals surface area contributed by atoms with E-state index in [-0.39, 0.29) is 36.3 Å². The van der Waals surface area contributed by atoms with Crippen LogP contribution in [-0.2, 0) is 24.8 Å². The number of nitro benzene ring substituents is 1. The van der Waals surface area contributed by atoms with Gasteiger partial charge in [0.15, 0.2) is 11.4 Å². The summed E-state index contributed by atoms with van der Waals surface area (Å²) in [5, 5.41) is 15.7. The Morgan fingerprint density at radius 2 is 1.81 bits per heavy atom. The number of nitro groups is 1. The molecule has 54 heavy (non-hydrogen) atoms. The number of fused-ring (bicyclic) bond motifs is 4. The Morgan fingerprint density at radius 1 is 1.04 bits per heavy atom. The number of anilines is 3. The van der Waals surface area contributed by atoms with Crippen molar-refractivity contribution in [2.24, 2.45) is 0 Å². The Morgan fingerprint density at radius 3 is 2.57 bits per heavy atom. The van der Waals surface area contributed by atoms with Gasteiger partial charge in [0.2, 0.25) is 15.9 Å². The van der Waals surface area contributed by atoms with E-state index in [2.05, 4.69) is 20.0 Å². The van der Waals surface area contributed by atoms with E-state index in [4.69, 9.17) is 14.2 Å². The lowest BCUT2D eigenvalue weighted by molar-refractivity contribution is -0.384. The molecule has 2 fully saturated rings. The maximum Gasteiger partial charge on any atom is 0.297 e. The lowest BCUT2D eigenvalue weighted by atomic mass is 10.0. The number of hydrogen-bond donors (Lipinski definition) is 3. The topological polar surface area (TPSA) is 219 Å². The number of para-hydroxylation sites is 1. The molecule has 0 saturated carbocycles. The van der Waals surface area contributed by atoms with E-state index < -0.39 is 58.9 Å². The Hall–Kier alpha value is -5.02. The molecule has 0 aliphatic carbocycles. The number of hydrogen-bond acceptors (Lipinski definition) is 14. The Kier molecular flexibility index (Phi) is 9.12. The van der Waals surface area contributed by atoms with E-state index in [1.807, 2.05) is 21.9 Å². The van der Waals surface area contributed by atoms with Gasteiger partial charge in [0.05, 0.1) is 51.6 Å². The molecule has 6 heterocycles. The number of benzene rings is 2. The number of aromatic nitrogens is 2. The second kappa shape index (κ2) is 13.7. The number of rotatable bonds is 9. The molecule has 2 saturated heterocycles. The van der Waals surface area contributed by atoms with E-state index >= 15 is 0 Å². The van der Waals surface area contributed by atoms with E-state index in [0.29, 0.717) is 62.2 Å². The number of pyridine rings is 1. The first kappa shape index (κ1) is 36.0. The van der Waals surface area contributed by atoms with Crippen molar-refractivity contribution in [3.05, 3.63) is 70.4 Å². The summed E-state index contributed by atoms with van der Waals surface area (Å²) in [7, 11) is -8.04. The van der Waals surface area contributed by atoms with Crippen molar-refractivity contribution in [2.45, 2.75) is 42.2 Å². The number of nitrogens with one attached hydrogen (secondary N) is 3. The van der Waals surface area contributed by atoms with Crippen molar-refractivity contribution in [2.75, 3.05) is 62.8 Å². The lowest BCUT2D eigenvalue weighted by Gasteiger charge is -2.39. The first-order chi connectivity index (χ1) is 25.8. The van der Waals surface area contributed by atoms with Crippen LogP contribution in [0.5, 0.6) is 11.6 Å². The van der Waals surface area contributed by atoms with Crippen LogP contribution in [-0.4, -0.2) is 123 Å². The molecule has 18 nitrogen and oxygen atoms in total. The van der Waals surface area contributed by atoms with Gasteiger partial charge in [-0.3, -0.25) is 19.8 Å². The van der Waals surface area contributed by atoms with Gasteiger partial charge in [0.1, 0.15) is 24.0 Å². The molecule has 4 aromatic rings. The number of ether oxygens (including phenoxy) is 3. The fraction of sp³-hybridized carbons (Fsp3) is 0.412. The summed E-state index contributed by atoms with van der Waals surface area (Å²) >= 11 is 0. The largest absolute Gasteiger partial charge is 0.489 e. The minimum absolute atomic E-state index is 0.0114. The number of piperazine rings is 1. The molecule has 0 radical (unpaired) electrons. The minimum atomic E-state index is -4.66. The molecule has 3 N–H and O–H groups in total. The smallest absolute Gasteiger partial charge is 0.297 e. The first-order valence-electron chi connectivity index (χ1n) is 17.4. The molecule has 0 spiro atoms. The Balaban J connectivity index is 1.02. The lowest BCUT2D eigenvalue weighted by Crippen LogP contribution is -2.53. The molecular weight excluding hydrogens is 745 g/mol. The molecule has 4 aliphatic rings. The van der Waals surface area contributed by atoms with Crippen LogP contribution in [0.15, 0.2) is 59.6 Å². The summed E-state index contributed by atoms with van der Waals surface area (Å²) < 4.78 is 74.1. The van der Waals surface area contributed by atoms with Crippen molar-refractivity contribution >= 4 is 59.7 Å². The van der Waals surface area contributed by atoms with Gasteiger partial charge in [-0.2, -0.15) is 9.29 Å². The van der Waals surface area contributed by atoms with Crippen LogP contribution < -0.4 is 24.4 Å². The molecular formula is C34H38N8O10S2. The van der Waals surface area contributed by atoms with Gasteiger partial charge >= 0.3 is 0 Å². The van der Waals surface area contributed by atoms with Crippen LogP contribution in [0.2, 0.25) is 0 Å². The highest BCUT2D eigenvalue weighted by Gasteiger charge is 2.43. The van der Waals surface area contributed by atoms with Crippen molar-refractivity contribution in [1.82, 2.24) is 23.9 Å². The van der Waals surface area contributed by atoms with Gasteiger partial charge in [0.25, 0.3) is 21.6 Å². The van der Waals surface area contributed by atoms with Gasteiger partial charge in [-0.25, -0.2) is 21.6 Å². The fourth-order valence-corrected chi connectivity index (χ4v) is 9.55. The van der Waals surface area contributed by atoms with E-state index in [9.17, 15) is 31.7 Å². The second-order valence-electron chi connectivity index (χ2n) is 13.8. The van der Waals surface area contributed by atoms with Crippen LogP contribution in [0.4, 0.5) is 22.7 Å². The SMILES string of the molecule is CC(C)S(=O)(=O)N1CCN(C[C@H]2COc3cc(S(=O)(=O)NC(=O)c4ccccc4N4c5cc6cc[nH]c6nc5O[C@@H]5COC[C@H]54)cc([N+](=O)[O-])c3N2)CC1. The summed E-state index contributed by atoms with van der Waals surface area (Å²) in [6.45, 7) is 5.94. The third-order valence-corrected chi connectivity index (χ3v) is 13.7. The average Bonchev–Trinajstić information content (AvgIpc) is 3.81. The Labute approximate surface area is 310 Å². The summed E-state index contributed by atoms with van der Waals surface area (Å²) in [4.78, 5) is 36.6. The summed E-state index contributed by atoms with van der Waals surface area (Å²) in [6, 6.07) is 11.5. The van der Waals surface area contributed by atoms with Crippen molar-refractivity contribution in [3.8, 4) is 11.6 Å². The maximum atomic E-state index is 13.9. The summed E-state index contributed by atoms with van der Waals surface area (Å²) in [5.41, 5.74) is 1.09. The highest BCUT2D eigenvalue weighted by molar-refractivity contribution is 7.90. The molecule has 1 amide bonds. The molecule has 0 unspecified atom stereocenters. The molecule has 3 atom stereocenters. The van der Waals surface area contributed by atoms with E-state index in [1.165, 1.54) is 10.4 Å². The molecule has 4 aliphatic heterocycles. The zero-order valence-corrected chi connectivity index (χ0v) is 30.9. The standard InChI is InChI=1S/C34H38N8O10S2/c1-20(2)54(48,49)40-11-9-39(10-12-40)16-22-17-51-29-15-23(14-26(42(44)45)31(29)36-22)53(46,47)38-33(43)24-5-3-4-6-25(24)41-27-13-21-7-8-35-32(21)37-34(27)52-30-19-50-18-28(30)41/h3-8,13-15,20,22,28,30,36H,9-12,16-19H2,1-2H3,(H,35,37)(H,38,43)/t22-,28+,30+/m0/s1. The summed E-state index contributed by atoms with van der Waals surface area (Å²) in [6.07, 6.45) is 1.35. The fourth-order valence-electron chi connectivity index (χ4n) is 7.28. The number of nitrogens with zero attached hydrogens (tertiary/aromatic N) is 5. The second-order valence-corrected chi connectivity index (χ2v) is 18.0. The molecule has 0 bridgehead atoms. The quantitative estimate of drug-likeness (QED) is 0.164. The average molecular weight is 783 g/mol. The van der Waals surface area contributed by atoms with Crippen LogP contribution in [0.3, 0.4) is 0 Å². The van der Waals surface area contributed by atoms with Gasteiger partial charge in [-0.05, 0) is 38.1 Å². The number of amides is 1. The van der Waals surface area contributed by atoms with E-state index in [1.54, 1.807) is 38.2 Å².